The van der Waals surface area contributed by atoms with Crippen molar-refractivity contribution < 1.29 is 8.42 Å². The molecule has 0 bridgehead atoms. The van der Waals surface area contributed by atoms with E-state index in [4.69, 9.17) is 0 Å². The quantitative estimate of drug-likeness (QED) is 0.783. The van der Waals surface area contributed by atoms with E-state index >= 15 is 0 Å². The maximum Gasteiger partial charge on any atom is 0.211 e. The summed E-state index contributed by atoms with van der Waals surface area (Å²) in [5.74, 6) is 0.269. The summed E-state index contributed by atoms with van der Waals surface area (Å²) < 4.78 is 24.7. The lowest BCUT2D eigenvalue weighted by atomic mass is 9.96. The number of hydrogen-bond donors (Lipinski definition) is 0. The highest BCUT2D eigenvalue weighted by Gasteiger charge is 2.19. The van der Waals surface area contributed by atoms with Gasteiger partial charge < -0.3 is 0 Å². The first-order chi connectivity index (χ1) is 7.99. The molecule has 1 aromatic rings. The van der Waals surface area contributed by atoms with E-state index in [1.807, 2.05) is 25.1 Å². The largest absolute Gasteiger partial charge is 0.213 e. The topological polar surface area (TPSA) is 37.4 Å². The van der Waals surface area contributed by atoms with Crippen molar-refractivity contribution in [3.8, 4) is 0 Å². The number of sulfonamides is 1. The molecule has 0 amide bonds. The highest BCUT2D eigenvalue weighted by atomic mass is 32.2. The van der Waals surface area contributed by atoms with Crippen LogP contribution in [-0.4, -0.2) is 32.1 Å². The van der Waals surface area contributed by atoms with Crippen LogP contribution in [0, 0.1) is 0 Å². The van der Waals surface area contributed by atoms with Gasteiger partial charge in [0.1, 0.15) is 0 Å². The monoisotopic (exact) mass is 255 g/mol. The number of rotatable bonds is 6. The van der Waals surface area contributed by atoms with E-state index in [1.165, 1.54) is 16.1 Å². The van der Waals surface area contributed by atoms with Crippen LogP contribution < -0.4 is 0 Å². The van der Waals surface area contributed by atoms with Gasteiger partial charge in [0.25, 0.3) is 0 Å². The first kappa shape index (κ1) is 14.2. The Bertz CT molecular complexity index is 428. The van der Waals surface area contributed by atoms with Gasteiger partial charge in [-0.25, -0.2) is 12.7 Å². The molecule has 1 atom stereocenters. The molecule has 0 aliphatic rings. The van der Waals surface area contributed by atoms with Gasteiger partial charge in [0, 0.05) is 13.1 Å². The minimum absolute atomic E-state index is 0.269. The zero-order valence-corrected chi connectivity index (χ0v) is 11.6. The lowest BCUT2D eigenvalue weighted by Gasteiger charge is -2.24. The van der Waals surface area contributed by atoms with Crippen LogP contribution in [0.4, 0.5) is 0 Å². The minimum Gasteiger partial charge on any atom is -0.213 e. The SMILES string of the molecule is CCC(CN(CC)S(C)(=O)=O)c1ccccc1. The van der Waals surface area contributed by atoms with E-state index < -0.39 is 10.0 Å². The van der Waals surface area contributed by atoms with Gasteiger partial charge in [0.2, 0.25) is 10.0 Å². The number of benzene rings is 1. The molecule has 0 saturated heterocycles. The second-order valence-corrected chi connectivity index (χ2v) is 6.21. The molecule has 1 rings (SSSR count). The zero-order valence-electron chi connectivity index (χ0n) is 10.8. The van der Waals surface area contributed by atoms with Crippen LogP contribution >= 0.6 is 0 Å². The molecule has 1 aromatic carbocycles. The molecule has 96 valence electrons. The number of likely N-dealkylation sites (N-methyl/N-ethyl adjacent to an activating group) is 1. The Labute approximate surface area is 105 Å². The molecule has 0 aliphatic carbocycles. The average molecular weight is 255 g/mol. The molecule has 0 radical (unpaired) electrons. The molecule has 0 spiro atoms. The molecule has 0 aromatic heterocycles. The van der Waals surface area contributed by atoms with Gasteiger partial charge in [0.05, 0.1) is 6.26 Å². The van der Waals surface area contributed by atoms with Gasteiger partial charge in [0.15, 0.2) is 0 Å². The van der Waals surface area contributed by atoms with E-state index in [1.54, 1.807) is 0 Å². The van der Waals surface area contributed by atoms with Crippen LogP contribution in [0.2, 0.25) is 0 Å². The van der Waals surface area contributed by atoms with E-state index in [2.05, 4.69) is 19.1 Å². The minimum atomic E-state index is -3.09. The standard InChI is InChI=1S/C13H21NO2S/c1-4-12(13-9-7-6-8-10-13)11-14(5-2)17(3,15)16/h6-10,12H,4-5,11H2,1-3H3. The Hall–Kier alpha value is -0.870. The molecule has 3 nitrogen and oxygen atoms in total. The molecule has 0 saturated carbocycles. The second kappa shape index (κ2) is 6.17. The second-order valence-electron chi connectivity index (χ2n) is 4.23. The van der Waals surface area contributed by atoms with E-state index in [9.17, 15) is 8.42 Å². The van der Waals surface area contributed by atoms with Gasteiger partial charge in [-0.05, 0) is 17.9 Å². The molecule has 0 fully saturated rings. The fraction of sp³-hybridized carbons (Fsp3) is 0.538. The van der Waals surface area contributed by atoms with Crippen LogP contribution in [0.25, 0.3) is 0 Å². The summed E-state index contributed by atoms with van der Waals surface area (Å²) in [5.41, 5.74) is 1.21. The average Bonchev–Trinajstić information content (AvgIpc) is 2.30. The van der Waals surface area contributed by atoms with Crippen molar-refractivity contribution in [1.29, 1.82) is 0 Å². The van der Waals surface area contributed by atoms with E-state index in [-0.39, 0.29) is 5.92 Å². The van der Waals surface area contributed by atoms with Crippen LogP contribution in [0.15, 0.2) is 30.3 Å². The zero-order chi connectivity index (χ0) is 12.9. The third-order valence-corrected chi connectivity index (χ3v) is 4.35. The summed E-state index contributed by atoms with van der Waals surface area (Å²) >= 11 is 0. The van der Waals surface area contributed by atoms with Crippen LogP contribution in [0.1, 0.15) is 31.7 Å². The van der Waals surface area contributed by atoms with Crippen LogP contribution in [0.3, 0.4) is 0 Å². The Morgan fingerprint density at radius 2 is 1.76 bits per heavy atom. The molecule has 4 heteroatoms. The predicted molar refractivity (Wildman–Crippen MR) is 71.6 cm³/mol. The van der Waals surface area contributed by atoms with Crippen molar-refractivity contribution in [2.75, 3.05) is 19.3 Å². The lowest BCUT2D eigenvalue weighted by Crippen LogP contribution is -2.33. The normalized spacial score (nSPS) is 13.9. The van der Waals surface area contributed by atoms with E-state index in [0.29, 0.717) is 13.1 Å². The number of nitrogens with zero attached hydrogens (tertiary/aromatic N) is 1. The van der Waals surface area contributed by atoms with Crippen molar-refractivity contribution in [2.24, 2.45) is 0 Å². The fourth-order valence-corrected chi connectivity index (χ4v) is 2.86. The number of hydrogen-bond acceptors (Lipinski definition) is 2. The van der Waals surface area contributed by atoms with Crippen molar-refractivity contribution in [3.63, 3.8) is 0 Å². The highest BCUT2D eigenvalue weighted by Crippen LogP contribution is 2.21. The maximum absolute atomic E-state index is 11.6. The Morgan fingerprint density at radius 1 is 1.18 bits per heavy atom. The lowest BCUT2D eigenvalue weighted by molar-refractivity contribution is 0.397. The molecule has 1 unspecified atom stereocenters. The smallest absolute Gasteiger partial charge is 0.211 e. The summed E-state index contributed by atoms with van der Waals surface area (Å²) in [6.07, 6.45) is 2.21. The summed E-state index contributed by atoms with van der Waals surface area (Å²) in [4.78, 5) is 0. The molecular formula is C13H21NO2S. The molecular weight excluding hydrogens is 234 g/mol. The predicted octanol–water partition coefficient (Wildman–Crippen LogP) is 2.46. The summed E-state index contributed by atoms with van der Waals surface area (Å²) in [5, 5.41) is 0. The summed E-state index contributed by atoms with van der Waals surface area (Å²) in [6, 6.07) is 10.1. The highest BCUT2D eigenvalue weighted by molar-refractivity contribution is 7.88. The Morgan fingerprint density at radius 3 is 2.18 bits per heavy atom. The summed E-state index contributed by atoms with van der Waals surface area (Å²) in [7, 11) is -3.09. The Kier molecular flexibility index (Phi) is 5.15. The van der Waals surface area contributed by atoms with Crippen molar-refractivity contribution in [3.05, 3.63) is 35.9 Å². The van der Waals surface area contributed by atoms with Gasteiger partial charge in [-0.3, -0.25) is 0 Å². The molecule has 0 heterocycles. The van der Waals surface area contributed by atoms with Crippen molar-refractivity contribution in [1.82, 2.24) is 4.31 Å². The molecule has 0 aliphatic heterocycles. The third-order valence-electron chi connectivity index (χ3n) is 3.01. The third kappa shape index (κ3) is 4.13. The van der Waals surface area contributed by atoms with Gasteiger partial charge in [-0.2, -0.15) is 0 Å². The van der Waals surface area contributed by atoms with Gasteiger partial charge in [-0.15, -0.1) is 0 Å². The maximum atomic E-state index is 11.6. The van der Waals surface area contributed by atoms with Crippen molar-refractivity contribution >= 4 is 10.0 Å². The van der Waals surface area contributed by atoms with Crippen LogP contribution in [-0.2, 0) is 10.0 Å². The fourth-order valence-electron chi connectivity index (χ4n) is 1.94. The van der Waals surface area contributed by atoms with Gasteiger partial charge in [-0.1, -0.05) is 44.2 Å². The van der Waals surface area contributed by atoms with E-state index in [0.717, 1.165) is 6.42 Å². The van der Waals surface area contributed by atoms with Gasteiger partial charge >= 0.3 is 0 Å². The molecule has 17 heavy (non-hydrogen) atoms. The van der Waals surface area contributed by atoms with Crippen molar-refractivity contribution in [2.45, 2.75) is 26.2 Å². The Balaban J connectivity index is 2.84. The molecule has 0 N–H and O–H groups in total. The van der Waals surface area contributed by atoms with Crippen LogP contribution in [0.5, 0.6) is 0 Å². The summed E-state index contributed by atoms with van der Waals surface area (Å²) in [6.45, 7) is 5.06. The first-order valence-electron chi connectivity index (χ1n) is 5.99. The first-order valence-corrected chi connectivity index (χ1v) is 7.83.